The summed E-state index contributed by atoms with van der Waals surface area (Å²) in [7, 11) is 1.41. The van der Waals surface area contributed by atoms with Gasteiger partial charge in [0.25, 0.3) is 0 Å². The van der Waals surface area contributed by atoms with Crippen molar-refractivity contribution in [2.45, 2.75) is 18.5 Å². The monoisotopic (exact) mass is 418 g/mol. The average Bonchev–Trinajstić information content (AvgIpc) is 2.99. The van der Waals surface area contributed by atoms with Gasteiger partial charge >= 0.3 is 5.97 Å². The largest absolute Gasteiger partial charge is 0.468 e. The summed E-state index contributed by atoms with van der Waals surface area (Å²) >= 11 is 9.93. The molecule has 0 radical (unpaired) electrons. The fourth-order valence-electron chi connectivity index (χ4n) is 3.51. The predicted molar refractivity (Wildman–Crippen MR) is 102 cm³/mol. The minimum atomic E-state index is -0.415. The number of nitrogens with one attached hydrogen (secondary N) is 2. The van der Waals surface area contributed by atoms with E-state index in [0.29, 0.717) is 11.4 Å². The Hall–Kier alpha value is -1.82. The number of rotatable bonds is 2. The van der Waals surface area contributed by atoms with Crippen molar-refractivity contribution in [1.29, 1.82) is 0 Å². The van der Waals surface area contributed by atoms with Crippen LogP contribution in [-0.4, -0.2) is 24.1 Å². The van der Waals surface area contributed by atoms with Crippen molar-refractivity contribution in [3.8, 4) is 0 Å². The van der Waals surface area contributed by atoms with Gasteiger partial charge in [-0.15, -0.1) is 0 Å². The molecule has 0 fully saturated rings. The predicted octanol–water partition coefficient (Wildman–Crippen LogP) is 4.36. The maximum Gasteiger partial charge on any atom is 0.323 e. The lowest BCUT2D eigenvalue weighted by Gasteiger charge is -2.30. The minimum absolute atomic E-state index is 0.208. The third-order valence-corrected chi connectivity index (χ3v) is 5.49. The van der Waals surface area contributed by atoms with E-state index < -0.39 is 6.04 Å². The molecule has 0 saturated heterocycles. The smallest absolute Gasteiger partial charge is 0.323 e. The summed E-state index contributed by atoms with van der Waals surface area (Å²) in [6, 6.07) is 13.3. The summed E-state index contributed by atoms with van der Waals surface area (Å²) in [5, 5.41) is 5.16. The third kappa shape index (κ3) is 2.86. The fraction of sp³-hybridized carbons (Fsp3) is 0.211. The molecule has 1 aliphatic rings. The Kier molecular flexibility index (Phi) is 4.31. The van der Waals surface area contributed by atoms with Crippen LogP contribution in [0.2, 0.25) is 5.02 Å². The van der Waals surface area contributed by atoms with E-state index in [4.69, 9.17) is 16.3 Å². The number of methoxy groups -OCH3 is 1. The summed E-state index contributed by atoms with van der Waals surface area (Å²) in [5.74, 6) is -0.269. The Balaban J connectivity index is 1.90. The average molecular weight is 420 g/mol. The molecule has 2 N–H and O–H groups in total. The second-order valence-corrected chi connectivity index (χ2v) is 7.43. The van der Waals surface area contributed by atoms with Crippen molar-refractivity contribution < 1.29 is 9.53 Å². The van der Waals surface area contributed by atoms with Crippen molar-refractivity contribution in [3.05, 3.63) is 68.8 Å². The van der Waals surface area contributed by atoms with Gasteiger partial charge in [0.15, 0.2) is 0 Å². The fourth-order valence-corrected chi connectivity index (χ4v) is 4.29. The number of esters is 1. The Morgan fingerprint density at radius 2 is 2.08 bits per heavy atom. The molecule has 1 aliphatic heterocycles. The van der Waals surface area contributed by atoms with Crippen LogP contribution in [0.5, 0.6) is 0 Å². The van der Waals surface area contributed by atoms with Crippen molar-refractivity contribution in [2.24, 2.45) is 0 Å². The number of carbonyl (C=O) groups is 1. The van der Waals surface area contributed by atoms with E-state index in [-0.39, 0.29) is 12.0 Å². The van der Waals surface area contributed by atoms with Crippen LogP contribution < -0.4 is 5.32 Å². The first-order valence-electron chi connectivity index (χ1n) is 7.97. The van der Waals surface area contributed by atoms with E-state index in [1.54, 1.807) is 0 Å². The lowest BCUT2D eigenvalue weighted by molar-refractivity contribution is -0.143. The molecule has 2 heterocycles. The van der Waals surface area contributed by atoms with Gasteiger partial charge in [-0.3, -0.25) is 10.1 Å². The molecule has 0 spiro atoms. The van der Waals surface area contributed by atoms with Gasteiger partial charge in [-0.2, -0.15) is 0 Å². The number of aromatic nitrogens is 1. The molecule has 4 nitrogen and oxygen atoms in total. The minimum Gasteiger partial charge on any atom is -0.468 e. The molecule has 0 amide bonds. The number of fused-ring (bicyclic) bond motifs is 3. The van der Waals surface area contributed by atoms with Gasteiger partial charge in [0.1, 0.15) is 6.04 Å². The number of ether oxygens (including phenoxy) is 1. The topological polar surface area (TPSA) is 54.1 Å². The highest BCUT2D eigenvalue weighted by Gasteiger charge is 2.35. The maximum absolute atomic E-state index is 12.2. The van der Waals surface area contributed by atoms with Gasteiger partial charge in [0, 0.05) is 32.5 Å². The number of para-hydroxylation sites is 1. The number of benzene rings is 2. The Labute approximate surface area is 158 Å². The van der Waals surface area contributed by atoms with Crippen LogP contribution in [0.4, 0.5) is 0 Å². The zero-order valence-corrected chi connectivity index (χ0v) is 15.8. The summed E-state index contributed by atoms with van der Waals surface area (Å²) in [4.78, 5) is 15.7. The first-order valence-corrected chi connectivity index (χ1v) is 9.14. The highest BCUT2D eigenvalue weighted by atomic mass is 79.9. The summed E-state index contributed by atoms with van der Waals surface area (Å²) in [6.45, 7) is 0. The SMILES string of the molecule is COC(=O)[C@@H]1Cc2c([nH]c3ccccc23)[C@H](c2ccc(Br)cc2Cl)N1. The lowest BCUT2D eigenvalue weighted by atomic mass is 9.90. The lowest BCUT2D eigenvalue weighted by Crippen LogP contribution is -2.45. The maximum atomic E-state index is 12.2. The van der Waals surface area contributed by atoms with Gasteiger partial charge in [-0.25, -0.2) is 0 Å². The van der Waals surface area contributed by atoms with Crippen LogP contribution in [0, 0.1) is 0 Å². The first kappa shape index (κ1) is 16.6. The number of aromatic amines is 1. The summed E-state index contributed by atoms with van der Waals surface area (Å²) in [6.07, 6.45) is 0.580. The van der Waals surface area contributed by atoms with Crippen molar-refractivity contribution in [2.75, 3.05) is 7.11 Å². The zero-order chi connectivity index (χ0) is 17.6. The highest BCUT2D eigenvalue weighted by Crippen LogP contribution is 2.38. The van der Waals surface area contributed by atoms with Crippen LogP contribution in [-0.2, 0) is 16.0 Å². The van der Waals surface area contributed by atoms with E-state index in [2.05, 4.69) is 32.3 Å². The van der Waals surface area contributed by atoms with Crippen LogP contribution in [0.3, 0.4) is 0 Å². The van der Waals surface area contributed by atoms with Crippen molar-refractivity contribution in [3.63, 3.8) is 0 Å². The number of hydrogen-bond acceptors (Lipinski definition) is 3. The molecule has 2 aromatic carbocycles. The molecule has 3 aromatic rings. The molecule has 0 aliphatic carbocycles. The number of halogens is 2. The van der Waals surface area contributed by atoms with E-state index >= 15 is 0 Å². The molecule has 128 valence electrons. The van der Waals surface area contributed by atoms with Crippen LogP contribution in [0.15, 0.2) is 46.9 Å². The summed E-state index contributed by atoms with van der Waals surface area (Å²) in [5.41, 5.74) is 4.16. The second kappa shape index (κ2) is 6.48. The van der Waals surface area contributed by atoms with Crippen LogP contribution in [0.25, 0.3) is 10.9 Å². The zero-order valence-electron chi connectivity index (χ0n) is 13.5. The van der Waals surface area contributed by atoms with Crippen molar-refractivity contribution >= 4 is 44.4 Å². The third-order valence-electron chi connectivity index (χ3n) is 4.67. The Bertz CT molecular complexity index is 969. The van der Waals surface area contributed by atoms with E-state index in [0.717, 1.165) is 32.2 Å². The molecule has 1 aromatic heterocycles. The molecule has 0 saturated carbocycles. The van der Waals surface area contributed by atoms with E-state index in [9.17, 15) is 4.79 Å². The molecule has 25 heavy (non-hydrogen) atoms. The standard InChI is InChI=1S/C19H16BrClN2O2/c1-25-19(24)16-9-13-11-4-2-3-5-15(11)22-18(13)17(23-16)12-7-6-10(20)8-14(12)21/h2-8,16-17,22-23H,9H2,1H3/t16-,17-/m0/s1. The van der Waals surface area contributed by atoms with Crippen molar-refractivity contribution in [1.82, 2.24) is 10.3 Å². The molecule has 6 heteroatoms. The van der Waals surface area contributed by atoms with Gasteiger partial charge in [-0.05, 0) is 29.3 Å². The molecule has 2 atom stereocenters. The highest BCUT2D eigenvalue weighted by molar-refractivity contribution is 9.10. The molecular weight excluding hydrogens is 404 g/mol. The van der Waals surface area contributed by atoms with E-state index in [1.807, 2.05) is 36.4 Å². The van der Waals surface area contributed by atoms with Crippen LogP contribution in [0.1, 0.15) is 22.9 Å². The normalized spacial score (nSPS) is 19.6. The van der Waals surface area contributed by atoms with Gasteiger partial charge in [0.2, 0.25) is 0 Å². The van der Waals surface area contributed by atoms with Crippen LogP contribution >= 0.6 is 27.5 Å². The number of hydrogen-bond donors (Lipinski definition) is 2. The molecule has 0 unspecified atom stereocenters. The molecule has 0 bridgehead atoms. The Morgan fingerprint density at radius 3 is 2.84 bits per heavy atom. The van der Waals surface area contributed by atoms with E-state index in [1.165, 1.54) is 7.11 Å². The molecular formula is C19H16BrClN2O2. The number of H-pyrrole nitrogens is 1. The first-order chi connectivity index (χ1) is 12.1. The quantitative estimate of drug-likeness (QED) is 0.607. The summed E-state index contributed by atoms with van der Waals surface area (Å²) < 4.78 is 5.89. The molecule has 4 rings (SSSR count). The van der Waals surface area contributed by atoms with Gasteiger partial charge in [-0.1, -0.05) is 51.8 Å². The van der Waals surface area contributed by atoms with Gasteiger partial charge < -0.3 is 9.72 Å². The Morgan fingerprint density at radius 1 is 1.28 bits per heavy atom. The number of carbonyl (C=O) groups excluding carboxylic acids is 1. The second-order valence-electron chi connectivity index (χ2n) is 6.11. The van der Waals surface area contributed by atoms with Gasteiger partial charge in [0.05, 0.1) is 13.2 Å².